The molecular formula is C26H35N3O4S. The maximum absolute atomic E-state index is 13.6. The average Bonchev–Trinajstić information content (AvgIpc) is 2.75. The Labute approximate surface area is 203 Å². The predicted molar refractivity (Wildman–Crippen MR) is 134 cm³/mol. The summed E-state index contributed by atoms with van der Waals surface area (Å²) in [5.41, 5.74) is 4.99. The van der Waals surface area contributed by atoms with E-state index in [0.717, 1.165) is 47.1 Å². The summed E-state index contributed by atoms with van der Waals surface area (Å²) in [6.45, 7) is 10.1. The Kier molecular flexibility index (Phi) is 8.15. The summed E-state index contributed by atoms with van der Waals surface area (Å²) in [6, 6.07) is 9.22. The van der Waals surface area contributed by atoms with Gasteiger partial charge in [-0.3, -0.25) is 9.59 Å². The number of nitrogens with one attached hydrogen (secondary N) is 2. The second-order valence-corrected chi connectivity index (χ2v) is 11.1. The zero-order valence-electron chi connectivity index (χ0n) is 20.7. The first-order valence-corrected chi connectivity index (χ1v) is 13.2. The molecule has 0 aliphatic carbocycles. The molecule has 2 aromatic carbocycles. The number of nitrogens with zero attached hydrogens (tertiary/aromatic N) is 1. The van der Waals surface area contributed by atoms with Gasteiger partial charge in [0.15, 0.2) is 0 Å². The third kappa shape index (κ3) is 5.85. The van der Waals surface area contributed by atoms with Crippen molar-refractivity contribution in [3.8, 4) is 0 Å². The molecule has 1 heterocycles. The van der Waals surface area contributed by atoms with E-state index >= 15 is 0 Å². The minimum atomic E-state index is -3.66. The molecular weight excluding hydrogens is 450 g/mol. The Morgan fingerprint density at radius 2 is 1.59 bits per heavy atom. The van der Waals surface area contributed by atoms with Gasteiger partial charge in [0.25, 0.3) is 0 Å². The van der Waals surface area contributed by atoms with Crippen molar-refractivity contribution in [2.24, 2.45) is 0 Å². The molecule has 0 aromatic heterocycles. The molecule has 0 radical (unpaired) electrons. The largest absolute Gasteiger partial charge is 0.348 e. The van der Waals surface area contributed by atoms with Gasteiger partial charge in [0.2, 0.25) is 10.0 Å². The van der Waals surface area contributed by atoms with Crippen molar-refractivity contribution in [3.63, 3.8) is 0 Å². The Balaban J connectivity index is 1.65. The van der Waals surface area contributed by atoms with Crippen molar-refractivity contribution in [1.82, 2.24) is 9.62 Å². The Morgan fingerprint density at radius 3 is 2.26 bits per heavy atom. The van der Waals surface area contributed by atoms with Crippen LogP contribution < -0.4 is 10.6 Å². The van der Waals surface area contributed by atoms with E-state index in [1.165, 1.54) is 0 Å². The molecule has 1 fully saturated rings. The van der Waals surface area contributed by atoms with Crippen LogP contribution in [0, 0.1) is 34.6 Å². The summed E-state index contributed by atoms with van der Waals surface area (Å²) < 4.78 is 28.8. The first-order valence-electron chi connectivity index (χ1n) is 11.8. The lowest BCUT2D eigenvalue weighted by molar-refractivity contribution is -0.136. The van der Waals surface area contributed by atoms with Gasteiger partial charge >= 0.3 is 11.8 Å². The zero-order chi connectivity index (χ0) is 25.0. The Bertz CT molecular complexity index is 1170. The number of aryl methyl sites for hydroxylation is 5. The van der Waals surface area contributed by atoms with Gasteiger partial charge in [-0.2, -0.15) is 4.31 Å². The summed E-state index contributed by atoms with van der Waals surface area (Å²) in [5.74, 6) is -1.45. The number of amides is 2. The van der Waals surface area contributed by atoms with Crippen molar-refractivity contribution in [2.45, 2.75) is 71.2 Å². The number of anilines is 1. The van der Waals surface area contributed by atoms with Crippen molar-refractivity contribution in [2.75, 3.05) is 18.4 Å². The molecule has 184 valence electrons. The molecule has 1 saturated heterocycles. The summed E-state index contributed by atoms with van der Waals surface area (Å²) >= 11 is 0. The fraction of sp³-hybridized carbons (Fsp3) is 0.462. The standard InChI is InChI=1S/C26H35N3O4S/c1-17-9-10-19(3)23(16-17)28-26(31)25(30)27-12-11-22-8-6-7-13-29(22)34(32,33)24-20(4)14-18(2)15-21(24)5/h9-10,14-16,22H,6-8,11-13H2,1-5H3,(H,27,30)(H,28,31)/t22-/m1/s1. The molecule has 3 rings (SSSR count). The first kappa shape index (κ1) is 25.9. The molecule has 2 N–H and O–H groups in total. The molecule has 0 spiro atoms. The van der Waals surface area contributed by atoms with Gasteiger partial charge in [-0.1, -0.05) is 36.2 Å². The molecule has 2 amide bonds. The highest BCUT2D eigenvalue weighted by Gasteiger charge is 2.35. The van der Waals surface area contributed by atoms with Gasteiger partial charge in [-0.25, -0.2) is 8.42 Å². The highest BCUT2D eigenvalue weighted by Crippen LogP contribution is 2.31. The van der Waals surface area contributed by atoms with E-state index in [1.54, 1.807) is 4.31 Å². The maximum Gasteiger partial charge on any atom is 0.313 e. The molecule has 0 saturated carbocycles. The summed E-state index contributed by atoms with van der Waals surface area (Å²) in [4.78, 5) is 25.1. The van der Waals surface area contributed by atoms with Crippen molar-refractivity contribution in [1.29, 1.82) is 0 Å². The number of benzene rings is 2. The first-order chi connectivity index (χ1) is 16.0. The van der Waals surface area contributed by atoms with Crippen molar-refractivity contribution >= 4 is 27.5 Å². The maximum atomic E-state index is 13.6. The molecule has 1 aliphatic heterocycles. The molecule has 1 atom stereocenters. The number of piperidine rings is 1. The smallest absolute Gasteiger partial charge is 0.313 e. The van der Waals surface area contributed by atoms with Crippen LogP contribution in [-0.4, -0.2) is 43.7 Å². The van der Waals surface area contributed by atoms with Crippen molar-refractivity contribution in [3.05, 3.63) is 58.1 Å². The van der Waals surface area contributed by atoms with E-state index in [-0.39, 0.29) is 12.6 Å². The fourth-order valence-corrected chi connectivity index (χ4v) is 6.89. The van der Waals surface area contributed by atoms with Crippen LogP contribution in [0.5, 0.6) is 0 Å². The molecule has 0 unspecified atom stereocenters. The minimum absolute atomic E-state index is 0.221. The monoisotopic (exact) mass is 485 g/mol. The number of rotatable bonds is 6. The van der Waals surface area contributed by atoms with E-state index in [4.69, 9.17) is 0 Å². The third-order valence-electron chi connectivity index (χ3n) is 6.36. The van der Waals surface area contributed by atoms with Gasteiger partial charge in [-0.05, 0) is 82.2 Å². The number of sulfonamides is 1. The molecule has 8 heteroatoms. The van der Waals surface area contributed by atoms with Crippen LogP contribution in [0.1, 0.15) is 53.5 Å². The van der Waals surface area contributed by atoms with Gasteiger partial charge in [0, 0.05) is 24.8 Å². The molecule has 0 bridgehead atoms. The van der Waals surface area contributed by atoms with Crippen LogP contribution in [0.15, 0.2) is 35.2 Å². The molecule has 2 aromatic rings. The number of hydrogen-bond acceptors (Lipinski definition) is 4. The highest BCUT2D eigenvalue weighted by atomic mass is 32.2. The SMILES string of the molecule is Cc1cc(C)c(S(=O)(=O)N2CCCC[C@@H]2CCNC(=O)C(=O)Nc2cc(C)ccc2C)c(C)c1. The van der Waals surface area contributed by atoms with Gasteiger partial charge in [0.05, 0.1) is 4.90 Å². The molecule has 1 aliphatic rings. The third-order valence-corrected chi connectivity index (χ3v) is 8.61. The lowest BCUT2D eigenvalue weighted by Gasteiger charge is -2.35. The van der Waals surface area contributed by atoms with Gasteiger partial charge < -0.3 is 10.6 Å². The van der Waals surface area contributed by atoms with Crippen LogP contribution >= 0.6 is 0 Å². The molecule has 7 nitrogen and oxygen atoms in total. The van der Waals surface area contributed by atoms with Gasteiger partial charge in [0.1, 0.15) is 0 Å². The second-order valence-electron chi connectivity index (χ2n) is 9.31. The average molecular weight is 486 g/mol. The number of hydrogen-bond donors (Lipinski definition) is 2. The topological polar surface area (TPSA) is 95.6 Å². The zero-order valence-corrected chi connectivity index (χ0v) is 21.5. The summed E-state index contributed by atoms with van der Waals surface area (Å²) in [6.07, 6.45) is 2.92. The van der Waals surface area contributed by atoms with E-state index in [0.29, 0.717) is 23.5 Å². The van der Waals surface area contributed by atoms with E-state index in [1.807, 2.05) is 65.0 Å². The van der Waals surface area contributed by atoms with Crippen molar-refractivity contribution < 1.29 is 18.0 Å². The van der Waals surface area contributed by atoms with E-state index < -0.39 is 21.8 Å². The lowest BCUT2D eigenvalue weighted by Crippen LogP contribution is -2.46. The van der Waals surface area contributed by atoms with Crippen LogP contribution in [0.2, 0.25) is 0 Å². The Hall–Kier alpha value is -2.71. The van der Waals surface area contributed by atoms with Crippen LogP contribution in [-0.2, 0) is 19.6 Å². The van der Waals surface area contributed by atoms with Crippen LogP contribution in [0.4, 0.5) is 5.69 Å². The van der Waals surface area contributed by atoms with Crippen LogP contribution in [0.25, 0.3) is 0 Å². The van der Waals surface area contributed by atoms with Crippen LogP contribution in [0.3, 0.4) is 0 Å². The normalized spacial score (nSPS) is 16.8. The highest BCUT2D eigenvalue weighted by molar-refractivity contribution is 7.89. The van der Waals surface area contributed by atoms with E-state index in [2.05, 4.69) is 10.6 Å². The quantitative estimate of drug-likeness (QED) is 0.607. The fourth-order valence-electron chi connectivity index (χ4n) is 4.75. The summed E-state index contributed by atoms with van der Waals surface area (Å²) in [7, 11) is -3.66. The summed E-state index contributed by atoms with van der Waals surface area (Å²) in [5, 5.41) is 5.31. The second kappa shape index (κ2) is 10.7. The Morgan fingerprint density at radius 1 is 0.912 bits per heavy atom. The number of carbonyl (C=O) groups is 2. The van der Waals surface area contributed by atoms with Gasteiger partial charge in [-0.15, -0.1) is 0 Å². The molecule has 34 heavy (non-hydrogen) atoms. The lowest BCUT2D eigenvalue weighted by atomic mass is 10.0. The predicted octanol–water partition coefficient (Wildman–Crippen LogP) is 3.92. The van der Waals surface area contributed by atoms with E-state index in [9.17, 15) is 18.0 Å². The minimum Gasteiger partial charge on any atom is -0.348 e. The number of carbonyl (C=O) groups excluding carboxylic acids is 2.